The minimum atomic E-state index is 0.922. The van der Waals surface area contributed by atoms with Crippen molar-refractivity contribution < 1.29 is 0 Å². The first-order valence-electron chi connectivity index (χ1n) is 5.49. The van der Waals surface area contributed by atoms with E-state index in [2.05, 4.69) is 52.6 Å². The van der Waals surface area contributed by atoms with Gasteiger partial charge in [0.05, 0.1) is 0 Å². The predicted octanol–water partition coefficient (Wildman–Crippen LogP) is 4.11. The van der Waals surface area contributed by atoms with E-state index in [1.54, 1.807) is 17.5 Å². The Balaban J connectivity index is 2.06. The Bertz CT molecular complexity index is 610. The normalized spacial score (nSPS) is 10.6. The largest absolute Gasteiger partial charge is 0.345 e. The summed E-state index contributed by atoms with van der Waals surface area (Å²) in [5.41, 5.74) is 3.71. The summed E-state index contributed by atoms with van der Waals surface area (Å²) in [4.78, 5) is 8.71. The molecule has 0 spiro atoms. The van der Waals surface area contributed by atoms with Crippen molar-refractivity contribution in [3.05, 3.63) is 53.7 Å². The van der Waals surface area contributed by atoms with Crippen LogP contribution in [0.5, 0.6) is 0 Å². The summed E-state index contributed by atoms with van der Waals surface area (Å²) in [5, 5.41) is 2.11. The molecule has 3 aromatic rings. The van der Waals surface area contributed by atoms with E-state index < -0.39 is 0 Å². The van der Waals surface area contributed by atoms with E-state index in [1.807, 2.05) is 6.20 Å². The second-order valence-electron chi connectivity index (χ2n) is 3.94. The van der Waals surface area contributed by atoms with Crippen LogP contribution in [0.15, 0.2) is 48.1 Å². The molecule has 0 atom stereocenters. The molecule has 0 bridgehead atoms. The number of thiophene rings is 1. The third-order valence-electron chi connectivity index (χ3n) is 2.78. The zero-order valence-electron chi connectivity index (χ0n) is 9.47. The van der Waals surface area contributed by atoms with Gasteiger partial charge in [0.2, 0.25) is 0 Å². The van der Waals surface area contributed by atoms with Crippen LogP contribution in [-0.2, 0) is 0 Å². The number of hydrogen-bond donors (Lipinski definition) is 1. The number of aryl methyl sites for hydroxylation is 1. The number of aromatic amines is 1. The fourth-order valence-electron chi connectivity index (χ4n) is 1.94. The number of nitrogens with zero attached hydrogens (tertiary/aromatic N) is 1. The van der Waals surface area contributed by atoms with Gasteiger partial charge in [-0.1, -0.05) is 18.2 Å². The molecule has 0 aliphatic rings. The maximum atomic E-state index is 4.27. The first-order chi connectivity index (χ1) is 8.34. The Morgan fingerprint density at radius 3 is 2.82 bits per heavy atom. The van der Waals surface area contributed by atoms with E-state index in [1.165, 1.54) is 16.0 Å². The van der Waals surface area contributed by atoms with Gasteiger partial charge in [-0.3, -0.25) is 0 Å². The molecule has 3 rings (SSSR count). The Kier molecular flexibility index (Phi) is 2.53. The summed E-state index contributed by atoms with van der Waals surface area (Å²) < 4.78 is 0. The van der Waals surface area contributed by atoms with Crippen molar-refractivity contribution >= 4 is 11.3 Å². The van der Waals surface area contributed by atoms with Crippen molar-refractivity contribution in [2.45, 2.75) is 6.92 Å². The van der Waals surface area contributed by atoms with E-state index >= 15 is 0 Å². The third-order valence-corrected chi connectivity index (χ3v) is 3.69. The third kappa shape index (κ3) is 1.89. The highest BCUT2D eigenvalue weighted by molar-refractivity contribution is 7.13. The lowest BCUT2D eigenvalue weighted by Gasteiger charge is -2.05. The van der Waals surface area contributed by atoms with Gasteiger partial charge in [-0.25, -0.2) is 4.98 Å². The molecular formula is C14H12N2S. The number of hydrogen-bond acceptors (Lipinski definition) is 2. The van der Waals surface area contributed by atoms with Gasteiger partial charge in [0.15, 0.2) is 0 Å². The standard InChI is InChI=1S/C14H12N2S/c1-10-9-11(14-15-6-7-16-14)4-5-12(10)13-3-2-8-17-13/h2-9H,1H3,(H,15,16). The van der Waals surface area contributed by atoms with Crippen molar-refractivity contribution in [1.29, 1.82) is 0 Å². The van der Waals surface area contributed by atoms with Crippen LogP contribution in [0.1, 0.15) is 5.56 Å². The Morgan fingerprint density at radius 1 is 1.24 bits per heavy atom. The highest BCUT2D eigenvalue weighted by atomic mass is 32.1. The number of rotatable bonds is 2. The summed E-state index contributed by atoms with van der Waals surface area (Å²) in [7, 11) is 0. The average Bonchev–Trinajstić information content (AvgIpc) is 3.02. The van der Waals surface area contributed by atoms with E-state index in [4.69, 9.17) is 0 Å². The molecule has 0 unspecified atom stereocenters. The van der Waals surface area contributed by atoms with Crippen molar-refractivity contribution in [2.24, 2.45) is 0 Å². The zero-order valence-corrected chi connectivity index (χ0v) is 10.3. The molecule has 17 heavy (non-hydrogen) atoms. The number of aromatic nitrogens is 2. The monoisotopic (exact) mass is 240 g/mol. The average molecular weight is 240 g/mol. The molecule has 3 heteroatoms. The van der Waals surface area contributed by atoms with Gasteiger partial charge in [-0.15, -0.1) is 11.3 Å². The number of benzene rings is 1. The van der Waals surface area contributed by atoms with Crippen LogP contribution in [0.25, 0.3) is 21.8 Å². The quantitative estimate of drug-likeness (QED) is 0.717. The number of imidazole rings is 1. The van der Waals surface area contributed by atoms with Crippen LogP contribution < -0.4 is 0 Å². The van der Waals surface area contributed by atoms with Crippen LogP contribution in [0.2, 0.25) is 0 Å². The van der Waals surface area contributed by atoms with Crippen LogP contribution in [0.3, 0.4) is 0 Å². The van der Waals surface area contributed by atoms with Crippen LogP contribution in [0.4, 0.5) is 0 Å². The van der Waals surface area contributed by atoms with E-state index in [9.17, 15) is 0 Å². The highest BCUT2D eigenvalue weighted by Gasteiger charge is 2.06. The maximum absolute atomic E-state index is 4.27. The summed E-state index contributed by atoms with van der Waals surface area (Å²) in [6.07, 6.45) is 3.62. The topological polar surface area (TPSA) is 28.7 Å². The summed E-state index contributed by atoms with van der Waals surface area (Å²) in [5.74, 6) is 0.922. The molecule has 84 valence electrons. The lowest BCUT2D eigenvalue weighted by atomic mass is 10.0. The molecule has 2 aromatic heterocycles. The predicted molar refractivity (Wildman–Crippen MR) is 72.1 cm³/mol. The second-order valence-corrected chi connectivity index (χ2v) is 4.89. The summed E-state index contributed by atoms with van der Waals surface area (Å²) >= 11 is 1.77. The maximum Gasteiger partial charge on any atom is 0.137 e. The molecule has 2 heterocycles. The molecule has 0 saturated carbocycles. The minimum Gasteiger partial charge on any atom is -0.345 e. The van der Waals surface area contributed by atoms with Crippen LogP contribution in [-0.4, -0.2) is 9.97 Å². The SMILES string of the molecule is Cc1cc(-c2ncc[nH]2)ccc1-c1cccs1. The van der Waals surface area contributed by atoms with Crippen molar-refractivity contribution in [3.8, 4) is 21.8 Å². The number of H-pyrrole nitrogens is 1. The fraction of sp³-hybridized carbons (Fsp3) is 0.0714. The molecule has 1 aromatic carbocycles. The minimum absolute atomic E-state index is 0.922. The first-order valence-corrected chi connectivity index (χ1v) is 6.37. The summed E-state index contributed by atoms with van der Waals surface area (Å²) in [6, 6.07) is 10.7. The Labute approximate surface area is 104 Å². The van der Waals surface area contributed by atoms with Crippen molar-refractivity contribution in [1.82, 2.24) is 9.97 Å². The molecule has 2 nitrogen and oxygen atoms in total. The Morgan fingerprint density at radius 2 is 2.18 bits per heavy atom. The van der Waals surface area contributed by atoms with Crippen LogP contribution in [0, 0.1) is 6.92 Å². The second kappa shape index (κ2) is 4.18. The van der Waals surface area contributed by atoms with Crippen LogP contribution >= 0.6 is 11.3 Å². The molecule has 1 N–H and O–H groups in total. The van der Waals surface area contributed by atoms with Gasteiger partial charge in [-0.05, 0) is 35.6 Å². The molecule has 0 saturated heterocycles. The van der Waals surface area contributed by atoms with Gasteiger partial charge in [0.25, 0.3) is 0 Å². The molecule has 0 aliphatic carbocycles. The van der Waals surface area contributed by atoms with E-state index in [0.29, 0.717) is 0 Å². The van der Waals surface area contributed by atoms with Gasteiger partial charge in [-0.2, -0.15) is 0 Å². The molecule has 0 amide bonds. The first kappa shape index (κ1) is 10.3. The van der Waals surface area contributed by atoms with Crippen molar-refractivity contribution in [2.75, 3.05) is 0 Å². The fourth-order valence-corrected chi connectivity index (χ4v) is 2.76. The number of nitrogens with one attached hydrogen (secondary N) is 1. The van der Waals surface area contributed by atoms with E-state index in [0.717, 1.165) is 11.4 Å². The molecular weight excluding hydrogens is 228 g/mol. The van der Waals surface area contributed by atoms with Gasteiger partial charge in [0.1, 0.15) is 5.82 Å². The van der Waals surface area contributed by atoms with Gasteiger partial charge >= 0.3 is 0 Å². The zero-order chi connectivity index (χ0) is 11.7. The molecule has 0 fully saturated rings. The van der Waals surface area contributed by atoms with E-state index in [-0.39, 0.29) is 0 Å². The van der Waals surface area contributed by atoms with Gasteiger partial charge in [0, 0.05) is 22.8 Å². The lowest BCUT2D eigenvalue weighted by molar-refractivity contribution is 1.30. The Hall–Kier alpha value is -1.87. The smallest absolute Gasteiger partial charge is 0.137 e. The van der Waals surface area contributed by atoms with Crippen molar-refractivity contribution in [3.63, 3.8) is 0 Å². The molecule has 0 radical (unpaired) electrons. The molecule has 0 aliphatic heterocycles. The highest BCUT2D eigenvalue weighted by Crippen LogP contribution is 2.30. The van der Waals surface area contributed by atoms with Gasteiger partial charge < -0.3 is 4.98 Å². The summed E-state index contributed by atoms with van der Waals surface area (Å²) in [6.45, 7) is 2.14. The lowest BCUT2D eigenvalue weighted by Crippen LogP contribution is -1.85.